The second kappa shape index (κ2) is 14.8. The molecule has 0 saturated carbocycles. The summed E-state index contributed by atoms with van der Waals surface area (Å²) in [5.41, 5.74) is 8.13. The van der Waals surface area contributed by atoms with Crippen LogP contribution in [0.2, 0.25) is 0 Å². The van der Waals surface area contributed by atoms with E-state index in [-0.39, 0.29) is 42.8 Å². The van der Waals surface area contributed by atoms with Crippen LogP contribution in [0.4, 0.5) is 28.4 Å². The van der Waals surface area contributed by atoms with Gasteiger partial charge < -0.3 is 23.8 Å². The molecule has 288 valence electrons. The molecule has 2 amide bonds. The van der Waals surface area contributed by atoms with Crippen LogP contribution < -0.4 is 28.7 Å². The number of ether oxygens (including phenoxy) is 3. The first-order valence-corrected chi connectivity index (χ1v) is 22.9. The molecule has 15 heteroatoms. The minimum atomic E-state index is -0.770. The zero-order chi connectivity index (χ0) is 39.5. The summed E-state index contributed by atoms with van der Waals surface area (Å²) in [6.45, 7) is 2.58. The molecule has 0 bridgehead atoms. The monoisotopic (exact) mass is 817 g/mol. The molecule has 9 rings (SSSR count). The smallest absolute Gasteiger partial charge is 0.270 e. The van der Waals surface area contributed by atoms with Gasteiger partial charge in [-0.15, -0.1) is 0 Å². The van der Waals surface area contributed by atoms with Crippen LogP contribution in [0.15, 0.2) is 96.0 Å². The van der Waals surface area contributed by atoms with Crippen molar-refractivity contribution in [1.82, 2.24) is 0 Å². The van der Waals surface area contributed by atoms with Gasteiger partial charge in [0.1, 0.15) is 19.0 Å². The Morgan fingerprint density at radius 3 is 2.12 bits per heavy atom. The van der Waals surface area contributed by atoms with Crippen molar-refractivity contribution in [2.45, 2.75) is 45.1 Å². The molecule has 0 spiro atoms. The summed E-state index contributed by atoms with van der Waals surface area (Å²) in [5, 5.41) is 12.1. The van der Waals surface area contributed by atoms with E-state index in [0.29, 0.717) is 58.2 Å². The van der Waals surface area contributed by atoms with Crippen LogP contribution in [0.1, 0.15) is 48.5 Å². The molecule has 0 aromatic heterocycles. The summed E-state index contributed by atoms with van der Waals surface area (Å²) < 4.78 is 20.5. The maximum Gasteiger partial charge on any atom is 0.270 e. The van der Waals surface area contributed by atoms with Crippen molar-refractivity contribution in [1.29, 1.82) is 0 Å². The number of amides is 2. The maximum atomic E-state index is 14.2. The van der Waals surface area contributed by atoms with Crippen LogP contribution in [0.25, 0.3) is 0 Å². The fourth-order valence-electron chi connectivity index (χ4n) is 8.27. The van der Waals surface area contributed by atoms with E-state index in [0.717, 1.165) is 34.6 Å². The van der Waals surface area contributed by atoms with E-state index >= 15 is 0 Å². The van der Waals surface area contributed by atoms with Crippen LogP contribution in [0.5, 0.6) is 17.2 Å². The van der Waals surface area contributed by atoms with Crippen molar-refractivity contribution in [2.75, 3.05) is 28.1 Å². The van der Waals surface area contributed by atoms with Gasteiger partial charge in [0.15, 0.2) is 11.5 Å². The fourth-order valence-corrected chi connectivity index (χ4v) is 10.4. The van der Waals surface area contributed by atoms with Gasteiger partial charge in [-0.1, -0.05) is 54.3 Å². The second-order valence-electron chi connectivity index (χ2n) is 14.5. The quantitative estimate of drug-likeness (QED) is 0.0822. The zero-order valence-electron chi connectivity index (χ0n) is 31.1. The van der Waals surface area contributed by atoms with Gasteiger partial charge in [0.25, 0.3) is 17.5 Å². The number of fused-ring (bicyclic) bond motifs is 8. The summed E-state index contributed by atoms with van der Waals surface area (Å²) in [6.07, 6.45) is 3.25. The number of aryl methyl sites for hydroxylation is 1. The van der Waals surface area contributed by atoms with Crippen LogP contribution in [0.3, 0.4) is 0 Å². The van der Waals surface area contributed by atoms with Crippen LogP contribution >= 0.6 is 25.3 Å². The number of para-hydroxylation sites is 2. The predicted octanol–water partition coefficient (Wildman–Crippen LogP) is 8.73. The Kier molecular flexibility index (Phi) is 9.68. The Hall–Kier alpha value is -5.40. The van der Waals surface area contributed by atoms with Crippen LogP contribution in [-0.4, -0.2) is 48.7 Å². The Morgan fingerprint density at radius 1 is 0.789 bits per heavy atom. The number of anilines is 3. The first-order valence-electron chi connectivity index (χ1n) is 18.4. The number of non-ortho nitro benzene ring substituents is 1. The van der Waals surface area contributed by atoms with Gasteiger partial charge in [-0.25, -0.2) is 0 Å². The third kappa shape index (κ3) is 6.70. The number of benzene rings is 5. The molecule has 12 nitrogen and oxygen atoms in total. The number of nitrogens with zero attached hydrogens (tertiary/aromatic N) is 5. The molecule has 0 aliphatic carbocycles. The number of hydrogen-bond donors (Lipinski definition) is 0. The summed E-state index contributed by atoms with van der Waals surface area (Å²) in [7, 11) is 6.49. The van der Waals surface area contributed by atoms with Crippen LogP contribution in [0, 0.1) is 17.0 Å². The van der Waals surface area contributed by atoms with E-state index in [2.05, 4.69) is 33.6 Å². The lowest BCUT2D eigenvalue weighted by Gasteiger charge is -2.31. The zero-order valence-corrected chi connectivity index (χ0v) is 34.3. The second-order valence-corrected chi connectivity index (χ2v) is 20.7. The van der Waals surface area contributed by atoms with E-state index in [1.807, 2.05) is 72.5 Å². The summed E-state index contributed by atoms with van der Waals surface area (Å²) in [4.78, 5) is 48.0. The number of aliphatic imine (C=N–C) groups is 1. The molecule has 5 aromatic carbocycles. The Labute approximate surface area is 335 Å². The molecule has 0 radical (unpaired) electrons. The van der Waals surface area contributed by atoms with E-state index in [1.165, 1.54) is 24.8 Å². The summed E-state index contributed by atoms with van der Waals surface area (Å²) >= 11 is 0. The number of rotatable bonds is 9. The van der Waals surface area contributed by atoms with Crippen molar-refractivity contribution >= 4 is 71.8 Å². The highest BCUT2D eigenvalue weighted by Gasteiger charge is 2.41. The number of nitro groups is 1. The van der Waals surface area contributed by atoms with Crippen LogP contribution in [-0.2, 0) is 26.1 Å². The third-order valence-electron chi connectivity index (χ3n) is 10.9. The highest BCUT2D eigenvalue weighted by Crippen LogP contribution is 2.60. The van der Waals surface area contributed by atoms with Gasteiger partial charge in [0, 0.05) is 62.3 Å². The first-order chi connectivity index (χ1) is 27.6. The van der Waals surface area contributed by atoms with Gasteiger partial charge in [-0.3, -0.25) is 29.6 Å². The normalized spacial score (nSPS) is 17.6. The molecule has 0 fully saturated rings. The lowest BCUT2D eigenvalue weighted by molar-refractivity contribution is -0.385. The molecule has 2 unspecified atom stereocenters. The molecule has 4 aliphatic rings. The molecule has 57 heavy (non-hydrogen) atoms. The van der Waals surface area contributed by atoms with Gasteiger partial charge in [0.05, 0.1) is 46.6 Å². The fraction of sp³-hybridized carbons (Fsp3) is 0.214. The molecule has 0 N–H and O–H groups in total. The Bertz CT molecular complexity index is 2530. The van der Waals surface area contributed by atoms with Crippen molar-refractivity contribution < 1.29 is 28.7 Å². The van der Waals surface area contributed by atoms with Gasteiger partial charge in [-0.05, 0) is 71.5 Å². The molecule has 0 saturated heterocycles. The van der Waals surface area contributed by atoms with E-state index in [9.17, 15) is 19.7 Å². The Balaban J connectivity index is 0.960. The molecule has 5 aromatic rings. The first kappa shape index (κ1) is 37.2. The molecular weight excluding hydrogens is 779 g/mol. The molecule has 4 aliphatic heterocycles. The van der Waals surface area contributed by atoms with E-state index < -0.39 is 12.4 Å². The highest BCUT2D eigenvalue weighted by molar-refractivity contribution is 8.43. The average molecular weight is 818 g/mol. The number of carbonyl (C=O) groups excluding carboxylic acids is 2. The standard InChI is InChI=1S/C42H38N5O7P3/c1-24-11-33-37(44(57(55)56)21-31-16-28-8-4-6-10-36(28)46(31)42(33)49)19-38(24)53-22-25-12-26(14-29(13-25)47(50)51)23-54-40-18-34-32(17-39(40)52-2)41(48)45-30(20-43-34)15-27-7-3-5-9-35(27)45/h3-14,17-20,30-31H,15-16,21-23,55-56H2,1-2H3/t30-,31-/m0/s1. The van der Waals surface area contributed by atoms with Crippen molar-refractivity contribution in [2.24, 2.45) is 4.99 Å². The number of nitro benzene ring substituents is 1. The summed E-state index contributed by atoms with van der Waals surface area (Å²) in [6, 6.07) is 27.6. The number of carbonyl (C=O) groups is 2. The SMILES string of the molecule is COc1cc2c(cc1OCc1cc(COc3cc4c(cc3C)C(=O)N3c5ccccc5C[C@H]3CN4P(P)P)cc([N+](=O)[O-])c1)N=C[C@@H]1Cc3ccccc3N1C2=O. The minimum absolute atomic E-state index is 0.000411. The molecular formula is C42H38N5O7P3. The largest absolute Gasteiger partial charge is 0.493 e. The van der Waals surface area contributed by atoms with E-state index in [4.69, 9.17) is 14.2 Å². The number of hydrogen-bond acceptors (Lipinski definition) is 9. The van der Waals surface area contributed by atoms with Gasteiger partial charge in [-0.2, -0.15) is 0 Å². The molecule has 4 atom stereocenters. The van der Waals surface area contributed by atoms with Gasteiger partial charge in [0.2, 0.25) is 0 Å². The predicted molar refractivity (Wildman–Crippen MR) is 229 cm³/mol. The summed E-state index contributed by atoms with van der Waals surface area (Å²) in [5.74, 6) is 1.05. The van der Waals surface area contributed by atoms with Crippen molar-refractivity contribution in [3.63, 3.8) is 0 Å². The third-order valence-corrected chi connectivity index (χ3v) is 13.5. The lowest BCUT2D eigenvalue weighted by atomic mass is 10.1. The van der Waals surface area contributed by atoms with Gasteiger partial charge >= 0.3 is 0 Å². The lowest BCUT2D eigenvalue weighted by Crippen LogP contribution is -2.40. The minimum Gasteiger partial charge on any atom is -0.493 e. The maximum absolute atomic E-state index is 14.2. The topological polar surface area (TPSA) is 127 Å². The number of methoxy groups -OCH3 is 1. The Morgan fingerprint density at radius 2 is 1.44 bits per heavy atom. The average Bonchev–Trinajstić information content (AvgIpc) is 3.70. The van der Waals surface area contributed by atoms with Crippen molar-refractivity contribution in [3.8, 4) is 17.2 Å². The highest BCUT2D eigenvalue weighted by atomic mass is 32.4. The van der Waals surface area contributed by atoms with Crippen molar-refractivity contribution in [3.05, 3.63) is 140 Å². The van der Waals surface area contributed by atoms with E-state index in [1.54, 1.807) is 23.2 Å². The molecule has 4 heterocycles.